The van der Waals surface area contributed by atoms with Crippen LogP contribution in [0.4, 0.5) is 5.69 Å². The van der Waals surface area contributed by atoms with Crippen molar-refractivity contribution in [1.29, 1.82) is 0 Å². The zero-order chi connectivity index (χ0) is 21.2. The molecule has 0 radical (unpaired) electrons. The number of amides is 3. The molecule has 0 unspecified atom stereocenters. The molecule has 2 rings (SSSR count). The Balaban J connectivity index is 1.98. The van der Waals surface area contributed by atoms with Gasteiger partial charge < -0.3 is 15.4 Å². The molecule has 0 aromatic heterocycles. The van der Waals surface area contributed by atoms with E-state index in [9.17, 15) is 14.4 Å². The largest absolute Gasteiger partial charge is 0.483 e. The number of benzene rings is 2. The number of carbonyl (C=O) groups excluding carboxylic acids is 3. The Morgan fingerprint density at radius 3 is 2.69 bits per heavy atom. The predicted molar refractivity (Wildman–Crippen MR) is 114 cm³/mol. The maximum absolute atomic E-state index is 12.1. The molecule has 0 heterocycles. The maximum Gasteiger partial charge on any atom is 0.329 e. The fourth-order valence-corrected chi connectivity index (χ4v) is 2.68. The summed E-state index contributed by atoms with van der Waals surface area (Å²) in [5.74, 6) is -1.68. The average molecular weight is 482 g/mol. The van der Waals surface area contributed by atoms with Gasteiger partial charge in [-0.1, -0.05) is 33.6 Å². The minimum Gasteiger partial charge on any atom is -0.483 e. The van der Waals surface area contributed by atoms with Crippen molar-refractivity contribution in [3.8, 4) is 5.75 Å². The molecule has 3 N–H and O–H groups in total. The second-order valence-electron chi connectivity index (χ2n) is 5.59. The zero-order valence-electron chi connectivity index (χ0n) is 15.4. The molecule has 0 bridgehead atoms. The van der Waals surface area contributed by atoms with E-state index in [1.54, 1.807) is 49.4 Å². The highest BCUT2D eigenvalue weighted by Crippen LogP contribution is 2.22. The third-order valence-corrected chi connectivity index (χ3v) is 4.08. The van der Waals surface area contributed by atoms with Gasteiger partial charge in [0.25, 0.3) is 5.91 Å². The second kappa shape index (κ2) is 11.2. The molecule has 0 fully saturated rings. The Morgan fingerprint density at radius 1 is 1.17 bits per heavy atom. The van der Waals surface area contributed by atoms with Crippen LogP contribution in [-0.4, -0.2) is 37.1 Å². The highest BCUT2D eigenvalue weighted by molar-refractivity contribution is 9.10. The summed E-state index contributed by atoms with van der Waals surface area (Å²) in [5, 5.41) is 9.29. The highest BCUT2D eigenvalue weighted by atomic mass is 79.9. The van der Waals surface area contributed by atoms with Gasteiger partial charge in [-0.3, -0.25) is 14.4 Å². The van der Waals surface area contributed by atoms with Gasteiger partial charge in [-0.15, -0.1) is 0 Å². The minimum atomic E-state index is -0.888. The predicted octanol–water partition coefficient (Wildman–Crippen LogP) is 2.71. The first kappa shape index (κ1) is 22.4. The van der Waals surface area contributed by atoms with E-state index in [0.717, 1.165) is 4.47 Å². The van der Waals surface area contributed by atoms with Gasteiger partial charge >= 0.3 is 11.8 Å². The summed E-state index contributed by atoms with van der Waals surface area (Å²) in [4.78, 5) is 35.0. The molecule has 3 amide bonds. The van der Waals surface area contributed by atoms with E-state index >= 15 is 0 Å². The number of hydrogen-bond acceptors (Lipinski definition) is 5. The molecule has 0 atom stereocenters. The van der Waals surface area contributed by atoms with E-state index in [2.05, 4.69) is 37.1 Å². The lowest BCUT2D eigenvalue weighted by Gasteiger charge is -2.10. The number of likely N-dealkylation sites (N-methyl/N-ethyl adjacent to an activating group) is 1. The van der Waals surface area contributed by atoms with Crippen LogP contribution in [0, 0.1) is 0 Å². The van der Waals surface area contributed by atoms with Crippen LogP contribution in [0.2, 0.25) is 5.02 Å². The van der Waals surface area contributed by atoms with Crippen LogP contribution in [0.25, 0.3) is 0 Å². The van der Waals surface area contributed by atoms with Crippen molar-refractivity contribution in [2.75, 3.05) is 18.5 Å². The third kappa shape index (κ3) is 7.55. The quantitative estimate of drug-likeness (QED) is 0.321. The number of anilines is 1. The molecule has 0 aliphatic carbocycles. The number of halogens is 2. The number of nitrogens with one attached hydrogen (secondary N) is 3. The lowest BCUT2D eigenvalue weighted by molar-refractivity contribution is -0.139. The molecule has 0 saturated carbocycles. The first-order valence-electron chi connectivity index (χ1n) is 8.48. The number of nitrogens with zero attached hydrogens (tertiary/aromatic N) is 1. The van der Waals surface area contributed by atoms with Crippen molar-refractivity contribution in [3.63, 3.8) is 0 Å². The standard InChI is InChI=1S/C19H18BrClN4O4/c1-2-22-18(27)19(28)25-23-10-12-8-13(20)6-7-16(12)29-11-17(26)24-15-5-3-4-14(21)9-15/h3-10H,2,11H2,1H3,(H,22,27)(H,24,26)(H,25,28)/b23-10-. The smallest absolute Gasteiger partial charge is 0.329 e. The Bertz CT molecular complexity index is 936. The van der Waals surface area contributed by atoms with E-state index in [0.29, 0.717) is 28.6 Å². The van der Waals surface area contributed by atoms with Gasteiger partial charge in [0, 0.05) is 27.3 Å². The van der Waals surface area contributed by atoms with E-state index < -0.39 is 11.8 Å². The average Bonchev–Trinajstić information content (AvgIpc) is 2.67. The molecule has 2 aromatic rings. The Hall–Kier alpha value is -2.91. The van der Waals surface area contributed by atoms with E-state index in [4.69, 9.17) is 16.3 Å². The summed E-state index contributed by atoms with van der Waals surface area (Å²) in [6.07, 6.45) is 1.31. The first-order valence-corrected chi connectivity index (χ1v) is 9.65. The topological polar surface area (TPSA) is 109 Å². The van der Waals surface area contributed by atoms with Crippen LogP contribution in [0.1, 0.15) is 12.5 Å². The Morgan fingerprint density at radius 2 is 1.97 bits per heavy atom. The fourth-order valence-electron chi connectivity index (χ4n) is 2.11. The van der Waals surface area contributed by atoms with Gasteiger partial charge in [0.15, 0.2) is 6.61 Å². The number of carbonyl (C=O) groups is 3. The van der Waals surface area contributed by atoms with Crippen molar-refractivity contribution in [3.05, 3.63) is 57.5 Å². The SMILES string of the molecule is CCNC(=O)C(=O)N/N=C\c1cc(Br)ccc1OCC(=O)Nc1cccc(Cl)c1. The normalized spacial score (nSPS) is 10.4. The van der Waals surface area contributed by atoms with E-state index in [1.165, 1.54) is 6.21 Å². The number of hydrazone groups is 1. The van der Waals surface area contributed by atoms with Crippen LogP contribution >= 0.6 is 27.5 Å². The number of rotatable bonds is 7. The fraction of sp³-hybridized carbons (Fsp3) is 0.158. The van der Waals surface area contributed by atoms with Crippen LogP contribution in [-0.2, 0) is 14.4 Å². The molecule has 2 aromatic carbocycles. The van der Waals surface area contributed by atoms with Crippen LogP contribution in [0.3, 0.4) is 0 Å². The molecule has 29 heavy (non-hydrogen) atoms. The zero-order valence-corrected chi connectivity index (χ0v) is 17.7. The molecule has 0 aliphatic heterocycles. The summed E-state index contributed by atoms with van der Waals surface area (Å²) in [6, 6.07) is 11.8. The Kier molecular flexibility index (Phi) is 8.63. The van der Waals surface area contributed by atoms with Crippen molar-refractivity contribution in [2.24, 2.45) is 5.10 Å². The second-order valence-corrected chi connectivity index (χ2v) is 6.94. The molecule has 152 valence electrons. The lowest BCUT2D eigenvalue weighted by Crippen LogP contribution is -2.37. The van der Waals surface area contributed by atoms with Gasteiger partial charge in [-0.25, -0.2) is 5.43 Å². The van der Waals surface area contributed by atoms with Crippen LogP contribution in [0.5, 0.6) is 5.75 Å². The van der Waals surface area contributed by atoms with Crippen molar-refractivity contribution < 1.29 is 19.1 Å². The summed E-state index contributed by atoms with van der Waals surface area (Å²) in [6.45, 7) is 1.78. The van der Waals surface area contributed by atoms with Gasteiger partial charge in [-0.05, 0) is 43.3 Å². The van der Waals surface area contributed by atoms with E-state index in [1.807, 2.05) is 0 Å². The third-order valence-electron chi connectivity index (χ3n) is 3.35. The molecule has 0 aliphatic rings. The molecule has 8 nitrogen and oxygen atoms in total. The molecular formula is C19H18BrClN4O4. The molecule has 0 saturated heterocycles. The van der Waals surface area contributed by atoms with Crippen LogP contribution in [0.15, 0.2) is 52.0 Å². The summed E-state index contributed by atoms with van der Waals surface area (Å²) < 4.78 is 6.29. The van der Waals surface area contributed by atoms with Crippen molar-refractivity contribution >= 4 is 57.2 Å². The lowest BCUT2D eigenvalue weighted by atomic mass is 10.2. The summed E-state index contributed by atoms with van der Waals surface area (Å²) >= 11 is 9.22. The number of ether oxygens (including phenoxy) is 1. The monoisotopic (exact) mass is 480 g/mol. The summed E-state index contributed by atoms with van der Waals surface area (Å²) in [7, 11) is 0. The number of hydrogen-bond donors (Lipinski definition) is 3. The van der Waals surface area contributed by atoms with Gasteiger partial charge in [0.05, 0.1) is 6.21 Å². The maximum atomic E-state index is 12.1. The minimum absolute atomic E-state index is 0.250. The van der Waals surface area contributed by atoms with Crippen LogP contribution < -0.4 is 20.8 Å². The van der Waals surface area contributed by atoms with Gasteiger partial charge in [-0.2, -0.15) is 5.10 Å². The molecule has 0 spiro atoms. The molecule has 10 heteroatoms. The van der Waals surface area contributed by atoms with Gasteiger partial charge in [0.2, 0.25) is 0 Å². The van der Waals surface area contributed by atoms with Crippen molar-refractivity contribution in [1.82, 2.24) is 10.7 Å². The Labute approximate surface area is 180 Å². The van der Waals surface area contributed by atoms with Gasteiger partial charge in [0.1, 0.15) is 5.75 Å². The first-order chi connectivity index (χ1) is 13.9. The van der Waals surface area contributed by atoms with Crippen molar-refractivity contribution in [2.45, 2.75) is 6.92 Å². The summed E-state index contributed by atoms with van der Waals surface area (Å²) in [5.41, 5.74) is 3.17. The van der Waals surface area contributed by atoms with E-state index in [-0.39, 0.29) is 12.5 Å². The molecular weight excluding hydrogens is 464 g/mol. The highest BCUT2D eigenvalue weighted by Gasteiger charge is 2.11.